The highest BCUT2D eigenvalue weighted by molar-refractivity contribution is 5.82. The Kier molecular flexibility index (Phi) is 5.78. The summed E-state index contributed by atoms with van der Waals surface area (Å²) in [5.41, 5.74) is 6.69. The summed E-state index contributed by atoms with van der Waals surface area (Å²) < 4.78 is 5.79. The van der Waals surface area contributed by atoms with Crippen LogP contribution in [0.2, 0.25) is 0 Å². The summed E-state index contributed by atoms with van der Waals surface area (Å²) in [5.74, 6) is 0.652. The average molecular weight is 292 g/mol. The molecule has 1 unspecified atom stereocenters. The molecule has 0 fully saturated rings. The molecule has 0 spiro atoms. The van der Waals surface area contributed by atoms with E-state index in [1.165, 1.54) is 0 Å². The molecular weight excluding hydrogens is 264 g/mol. The molecule has 3 N–H and O–H groups in total. The van der Waals surface area contributed by atoms with E-state index >= 15 is 0 Å². The zero-order valence-corrected chi connectivity index (χ0v) is 13.9. The van der Waals surface area contributed by atoms with Crippen molar-refractivity contribution in [3.8, 4) is 5.75 Å². The summed E-state index contributed by atoms with van der Waals surface area (Å²) in [4.78, 5) is 12.2. The third-order valence-electron chi connectivity index (χ3n) is 3.32. The normalized spacial score (nSPS) is 14.7. The molecule has 1 rings (SSSR count). The van der Waals surface area contributed by atoms with Crippen molar-refractivity contribution in [3.63, 3.8) is 0 Å². The van der Waals surface area contributed by atoms with Gasteiger partial charge in [0.15, 0.2) is 0 Å². The quantitative estimate of drug-likeness (QED) is 0.876. The zero-order chi connectivity index (χ0) is 16.2. The molecule has 0 radical (unpaired) electrons. The number of hydrogen-bond acceptors (Lipinski definition) is 3. The second-order valence-electron chi connectivity index (χ2n) is 6.78. The monoisotopic (exact) mass is 292 g/mol. The smallest absolute Gasteiger partial charge is 0.237 e. The van der Waals surface area contributed by atoms with E-state index in [0.29, 0.717) is 0 Å². The van der Waals surface area contributed by atoms with Crippen molar-refractivity contribution < 1.29 is 9.53 Å². The van der Waals surface area contributed by atoms with Crippen molar-refractivity contribution in [2.75, 3.05) is 0 Å². The molecule has 0 bridgehead atoms. The molecule has 0 saturated carbocycles. The van der Waals surface area contributed by atoms with E-state index in [-0.39, 0.29) is 23.5 Å². The van der Waals surface area contributed by atoms with Gasteiger partial charge in [0, 0.05) is 5.56 Å². The fourth-order valence-electron chi connectivity index (χ4n) is 1.97. The summed E-state index contributed by atoms with van der Waals surface area (Å²) in [6.07, 6.45) is 0.0888. The standard InChI is InChI=1S/C17H28N2O2/c1-11(2)21-14-10-8-7-9-13(14)12(3)19-16(20)15(18)17(4,5)6/h7-12,15H,18H2,1-6H3,(H,19,20)/t12?,15-/m0/s1. The molecule has 4 heteroatoms. The molecule has 21 heavy (non-hydrogen) atoms. The maximum atomic E-state index is 12.2. The summed E-state index contributed by atoms with van der Waals surface area (Å²) in [6.45, 7) is 11.8. The van der Waals surface area contributed by atoms with Gasteiger partial charge >= 0.3 is 0 Å². The molecule has 0 heterocycles. The van der Waals surface area contributed by atoms with Crippen molar-refractivity contribution in [2.24, 2.45) is 11.1 Å². The predicted octanol–water partition coefficient (Wildman–Crippen LogP) is 3.02. The first-order chi connectivity index (χ1) is 9.62. The van der Waals surface area contributed by atoms with E-state index in [1.807, 2.05) is 65.8 Å². The van der Waals surface area contributed by atoms with Crippen LogP contribution in [0.1, 0.15) is 53.1 Å². The van der Waals surface area contributed by atoms with E-state index in [2.05, 4.69) is 5.32 Å². The van der Waals surface area contributed by atoms with Gasteiger partial charge in [0.25, 0.3) is 0 Å². The highest BCUT2D eigenvalue weighted by atomic mass is 16.5. The predicted molar refractivity (Wildman–Crippen MR) is 86.2 cm³/mol. The molecule has 1 amide bonds. The van der Waals surface area contributed by atoms with Crippen LogP contribution in [0.15, 0.2) is 24.3 Å². The van der Waals surface area contributed by atoms with Crippen LogP contribution in [0.4, 0.5) is 0 Å². The Bertz CT molecular complexity index is 478. The maximum Gasteiger partial charge on any atom is 0.237 e. The number of benzene rings is 1. The SMILES string of the molecule is CC(C)Oc1ccccc1C(C)NC(=O)[C@H](N)C(C)(C)C. The van der Waals surface area contributed by atoms with Crippen LogP contribution < -0.4 is 15.8 Å². The Balaban J connectivity index is 2.85. The fourth-order valence-corrected chi connectivity index (χ4v) is 1.97. The Morgan fingerprint density at radius 1 is 1.19 bits per heavy atom. The minimum Gasteiger partial charge on any atom is -0.491 e. The number of carbonyl (C=O) groups is 1. The van der Waals surface area contributed by atoms with Crippen molar-refractivity contribution in [1.29, 1.82) is 0 Å². The molecule has 0 saturated heterocycles. The van der Waals surface area contributed by atoms with Crippen LogP contribution in [-0.4, -0.2) is 18.1 Å². The van der Waals surface area contributed by atoms with Crippen LogP contribution in [0.3, 0.4) is 0 Å². The van der Waals surface area contributed by atoms with Gasteiger partial charge in [-0.25, -0.2) is 0 Å². The first-order valence-electron chi connectivity index (χ1n) is 7.44. The first-order valence-corrected chi connectivity index (χ1v) is 7.44. The lowest BCUT2D eigenvalue weighted by atomic mass is 9.86. The molecule has 2 atom stereocenters. The topological polar surface area (TPSA) is 64.3 Å². The van der Waals surface area contributed by atoms with Crippen molar-refractivity contribution in [1.82, 2.24) is 5.32 Å². The number of rotatable bonds is 5. The summed E-state index contributed by atoms with van der Waals surface area (Å²) in [7, 11) is 0. The lowest BCUT2D eigenvalue weighted by Crippen LogP contribution is -2.49. The number of nitrogens with two attached hydrogens (primary N) is 1. The van der Waals surface area contributed by atoms with Gasteiger partial charge in [0.05, 0.1) is 18.2 Å². The van der Waals surface area contributed by atoms with Gasteiger partial charge in [0.2, 0.25) is 5.91 Å². The highest BCUT2D eigenvalue weighted by Crippen LogP contribution is 2.26. The summed E-state index contributed by atoms with van der Waals surface area (Å²) >= 11 is 0. The molecule has 4 nitrogen and oxygen atoms in total. The van der Waals surface area contributed by atoms with E-state index in [1.54, 1.807) is 0 Å². The Labute approximate surface area is 128 Å². The minimum atomic E-state index is -0.543. The van der Waals surface area contributed by atoms with Crippen LogP contribution in [0.5, 0.6) is 5.75 Å². The van der Waals surface area contributed by atoms with Gasteiger partial charge in [-0.1, -0.05) is 39.0 Å². The minimum absolute atomic E-state index is 0.0888. The second kappa shape index (κ2) is 6.94. The third-order valence-corrected chi connectivity index (χ3v) is 3.32. The Hall–Kier alpha value is -1.55. The van der Waals surface area contributed by atoms with Gasteiger partial charge in [-0.05, 0) is 32.3 Å². The van der Waals surface area contributed by atoms with Crippen LogP contribution in [0, 0.1) is 5.41 Å². The molecule has 0 aliphatic carbocycles. The van der Waals surface area contributed by atoms with Crippen molar-refractivity contribution in [3.05, 3.63) is 29.8 Å². The number of ether oxygens (including phenoxy) is 1. The number of nitrogens with one attached hydrogen (secondary N) is 1. The van der Waals surface area contributed by atoms with Gasteiger partial charge in [0.1, 0.15) is 5.75 Å². The summed E-state index contributed by atoms with van der Waals surface area (Å²) in [6, 6.07) is 7.05. The van der Waals surface area contributed by atoms with Gasteiger partial charge in [-0.3, -0.25) is 4.79 Å². The zero-order valence-electron chi connectivity index (χ0n) is 13.9. The van der Waals surface area contributed by atoms with E-state index in [0.717, 1.165) is 11.3 Å². The lowest BCUT2D eigenvalue weighted by molar-refractivity contribution is -0.125. The first kappa shape index (κ1) is 17.5. The highest BCUT2D eigenvalue weighted by Gasteiger charge is 2.28. The molecule has 0 aromatic heterocycles. The van der Waals surface area contributed by atoms with Gasteiger partial charge < -0.3 is 15.8 Å². The van der Waals surface area contributed by atoms with Crippen molar-refractivity contribution in [2.45, 2.75) is 59.7 Å². The maximum absolute atomic E-state index is 12.2. The molecule has 0 aliphatic rings. The second-order valence-corrected chi connectivity index (χ2v) is 6.78. The molecular formula is C17H28N2O2. The molecule has 0 aliphatic heterocycles. The van der Waals surface area contributed by atoms with Crippen LogP contribution in [0.25, 0.3) is 0 Å². The number of amides is 1. The number of hydrogen-bond donors (Lipinski definition) is 2. The molecule has 118 valence electrons. The Morgan fingerprint density at radius 3 is 2.29 bits per heavy atom. The van der Waals surface area contributed by atoms with Gasteiger partial charge in [-0.2, -0.15) is 0 Å². The van der Waals surface area contributed by atoms with Crippen LogP contribution >= 0.6 is 0 Å². The fraction of sp³-hybridized carbons (Fsp3) is 0.588. The molecule has 1 aromatic carbocycles. The number of para-hydroxylation sites is 1. The largest absolute Gasteiger partial charge is 0.491 e. The van der Waals surface area contributed by atoms with E-state index in [9.17, 15) is 4.79 Å². The number of carbonyl (C=O) groups excluding carboxylic acids is 1. The van der Waals surface area contributed by atoms with Crippen LogP contribution in [-0.2, 0) is 4.79 Å². The van der Waals surface area contributed by atoms with Gasteiger partial charge in [-0.15, -0.1) is 0 Å². The van der Waals surface area contributed by atoms with Crippen molar-refractivity contribution >= 4 is 5.91 Å². The Morgan fingerprint density at radius 2 is 1.76 bits per heavy atom. The summed E-state index contributed by atoms with van der Waals surface area (Å²) in [5, 5.41) is 2.97. The third kappa shape index (κ3) is 5.05. The average Bonchev–Trinajstić information content (AvgIpc) is 2.36. The van der Waals surface area contributed by atoms with E-state index in [4.69, 9.17) is 10.5 Å². The lowest BCUT2D eigenvalue weighted by Gasteiger charge is -2.28. The van der Waals surface area contributed by atoms with E-state index < -0.39 is 6.04 Å². The molecule has 1 aromatic rings.